The van der Waals surface area contributed by atoms with Crippen molar-refractivity contribution < 1.29 is 14.3 Å². The fraction of sp³-hybridized carbons (Fsp3) is 0.353. The van der Waals surface area contributed by atoms with Crippen LogP contribution in [0, 0.1) is 0 Å². The summed E-state index contributed by atoms with van der Waals surface area (Å²) in [5, 5.41) is 12.9. The Balaban J connectivity index is 1.68. The standard InChI is InChI=1S/C17H18ClNO3/c18-16-7-6-14(22-16)10-19-9-13-3-1-2-11-4-5-12(17(20)21)8-15(11)13/h4-8,13,19H,1-3,9-10H2,(H,20,21). The molecule has 0 aliphatic heterocycles. The lowest BCUT2D eigenvalue weighted by Gasteiger charge is -2.26. The molecule has 0 saturated carbocycles. The Morgan fingerprint density at radius 3 is 2.95 bits per heavy atom. The number of carboxylic acid groups (broad SMARTS) is 1. The molecule has 0 spiro atoms. The quantitative estimate of drug-likeness (QED) is 0.879. The summed E-state index contributed by atoms with van der Waals surface area (Å²) < 4.78 is 5.32. The van der Waals surface area contributed by atoms with Gasteiger partial charge in [-0.1, -0.05) is 6.07 Å². The number of rotatable bonds is 5. The predicted molar refractivity (Wildman–Crippen MR) is 84.5 cm³/mol. The van der Waals surface area contributed by atoms with Crippen molar-refractivity contribution in [1.29, 1.82) is 0 Å². The van der Waals surface area contributed by atoms with E-state index in [9.17, 15) is 4.79 Å². The van der Waals surface area contributed by atoms with E-state index in [1.54, 1.807) is 12.1 Å². The lowest BCUT2D eigenvalue weighted by atomic mass is 9.82. The molecule has 3 rings (SSSR count). The molecule has 1 aliphatic carbocycles. The van der Waals surface area contributed by atoms with Crippen LogP contribution < -0.4 is 5.32 Å². The summed E-state index contributed by atoms with van der Waals surface area (Å²) >= 11 is 5.75. The Labute approximate surface area is 134 Å². The van der Waals surface area contributed by atoms with Gasteiger partial charge in [-0.2, -0.15) is 0 Å². The smallest absolute Gasteiger partial charge is 0.335 e. The molecule has 2 N–H and O–H groups in total. The van der Waals surface area contributed by atoms with Gasteiger partial charge in [-0.15, -0.1) is 0 Å². The minimum absolute atomic E-state index is 0.341. The number of aryl methyl sites for hydroxylation is 1. The van der Waals surface area contributed by atoms with Crippen LogP contribution in [0.25, 0.3) is 0 Å². The summed E-state index contributed by atoms with van der Waals surface area (Å²) in [5.74, 6) is 0.277. The molecule has 1 atom stereocenters. The highest BCUT2D eigenvalue weighted by Gasteiger charge is 2.21. The molecule has 5 heteroatoms. The van der Waals surface area contributed by atoms with Crippen LogP contribution in [-0.2, 0) is 13.0 Å². The van der Waals surface area contributed by atoms with Crippen molar-refractivity contribution in [1.82, 2.24) is 5.32 Å². The normalized spacial score (nSPS) is 17.2. The van der Waals surface area contributed by atoms with Crippen molar-refractivity contribution in [3.8, 4) is 0 Å². The van der Waals surface area contributed by atoms with Gasteiger partial charge in [0.05, 0.1) is 12.1 Å². The predicted octanol–water partition coefficient (Wildman–Crippen LogP) is 3.84. The molecule has 0 bridgehead atoms. The van der Waals surface area contributed by atoms with E-state index in [0.717, 1.165) is 37.1 Å². The van der Waals surface area contributed by atoms with Crippen LogP contribution >= 0.6 is 11.6 Å². The maximum absolute atomic E-state index is 11.2. The van der Waals surface area contributed by atoms with Gasteiger partial charge in [0.25, 0.3) is 0 Å². The first-order valence-electron chi connectivity index (χ1n) is 7.44. The summed E-state index contributed by atoms with van der Waals surface area (Å²) in [6.07, 6.45) is 3.24. The van der Waals surface area contributed by atoms with Gasteiger partial charge in [-0.3, -0.25) is 0 Å². The van der Waals surface area contributed by atoms with Gasteiger partial charge in [0.2, 0.25) is 0 Å². The van der Waals surface area contributed by atoms with Crippen molar-refractivity contribution >= 4 is 17.6 Å². The molecule has 1 aromatic carbocycles. The average molecular weight is 320 g/mol. The summed E-state index contributed by atoms with van der Waals surface area (Å²) in [4.78, 5) is 11.2. The fourth-order valence-corrected chi connectivity index (χ4v) is 3.22. The molecule has 116 valence electrons. The number of halogens is 1. The number of benzene rings is 1. The third-order valence-corrected chi connectivity index (χ3v) is 4.35. The second-order valence-corrected chi connectivity index (χ2v) is 6.02. The molecule has 22 heavy (non-hydrogen) atoms. The van der Waals surface area contributed by atoms with Crippen LogP contribution in [0.1, 0.15) is 46.0 Å². The Morgan fingerprint density at radius 2 is 2.23 bits per heavy atom. The summed E-state index contributed by atoms with van der Waals surface area (Å²) in [6, 6.07) is 9.06. The van der Waals surface area contributed by atoms with E-state index in [0.29, 0.717) is 23.2 Å². The fourth-order valence-electron chi connectivity index (χ4n) is 3.06. The molecule has 1 aliphatic rings. The van der Waals surface area contributed by atoms with Crippen molar-refractivity contribution in [2.24, 2.45) is 0 Å². The second kappa shape index (κ2) is 6.55. The zero-order valence-electron chi connectivity index (χ0n) is 12.1. The van der Waals surface area contributed by atoms with Gasteiger partial charge >= 0.3 is 5.97 Å². The maximum Gasteiger partial charge on any atom is 0.335 e. The van der Waals surface area contributed by atoms with Gasteiger partial charge in [-0.25, -0.2) is 4.79 Å². The van der Waals surface area contributed by atoms with E-state index in [2.05, 4.69) is 5.32 Å². The zero-order valence-corrected chi connectivity index (χ0v) is 12.9. The first-order chi connectivity index (χ1) is 10.6. The van der Waals surface area contributed by atoms with E-state index >= 15 is 0 Å². The number of hydrogen-bond donors (Lipinski definition) is 2. The number of hydrogen-bond acceptors (Lipinski definition) is 3. The molecule has 1 unspecified atom stereocenters. The second-order valence-electron chi connectivity index (χ2n) is 5.64. The van der Waals surface area contributed by atoms with Gasteiger partial charge < -0.3 is 14.8 Å². The largest absolute Gasteiger partial charge is 0.478 e. The van der Waals surface area contributed by atoms with E-state index in [4.69, 9.17) is 21.1 Å². The molecular formula is C17H18ClNO3. The molecule has 0 radical (unpaired) electrons. The minimum atomic E-state index is -0.870. The molecular weight excluding hydrogens is 302 g/mol. The Hall–Kier alpha value is -1.78. The van der Waals surface area contributed by atoms with Crippen LogP contribution in [0.15, 0.2) is 34.7 Å². The monoisotopic (exact) mass is 319 g/mol. The first-order valence-corrected chi connectivity index (χ1v) is 7.82. The van der Waals surface area contributed by atoms with Gasteiger partial charge in [-0.05, 0) is 72.2 Å². The van der Waals surface area contributed by atoms with E-state index in [1.807, 2.05) is 18.2 Å². The molecule has 4 nitrogen and oxygen atoms in total. The molecule has 0 amide bonds. The maximum atomic E-state index is 11.2. The number of carboxylic acids is 1. The molecule has 1 aromatic heterocycles. The highest BCUT2D eigenvalue weighted by Crippen LogP contribution is 2.32. The summed E-state index contributed by atoms with van der Waals surface area (Å²) in [7, 11) is 0. The number of aromatic carboxylic acids is 1. The van der Waals surface area contributed by atoms with Crippen LogP contribution in [-0.4, -0.2) is 17.6 Å². The Morgan fingerprint density at radius 1 is 1.36 bits per heavy atom. The van der Waals surface area contributed by atoms with Crippen LogP contribution in [0.2, 0.25) is 5.22 Å². The highest BCUT2D eigenvalue weighted by molar-refractivity contribution is 6.28. The lowest BCUT2D eigenvalue weighted by Crippen LogP contribution is -2.24. The average Bonchev–Trinajstić information content (AvgIpc) is 2.92. The lowest BCUT2D eigenvalue weighted by molar-refractivity contribution is 0.0696. The van der Waals surface area contributed by atoms with Gasteiger partial charge in [0.1, 0.15) is 5.76 Å². The molecule has 2 aromatic rings. The number of furan rings is 1. The number of nitrogens with one attached hydrogen (secondary N) is 1. The Bertz CT molecular complexity index is 680. The van der Waals surface area contributed by atoms with E-state index in [1.165, 1.54) is 5.56 Å². The van der Waals surface area contributed by atoms with E-state index < -0.39 is 5.97 Å². The Kier molecular flexibility index (Phi) is 4.50. The van der Waals surface area contributed by atoms with Crippen molar-refractivity contribution in [2.45, 2.75) is 31.7 Å². The van der Waals surface area contributed by atoms with E-state index in [-0.39, 0.29) is 0 Å². The number of carbonyl (C=O) groups is 1. The van der Waals surface area contributed by atoms with Crippen LogP contribution in [0.4, 0.5) is 0 Å². The van der Waals surface area contributed by atoms with Gasteiger partial charge in [0.15, 0.2) is 5.22 Å². The molecule has 0 fully saturated rings. The van der Waals surface area contributed by atoms with Gasteiger partial charge in [0, 0.05) is 6.54 Å². The molecule has 1 heterocycles. The molecule has 0 saturated heterocycles. The third kappa shape index (κ3) is 3.34. The summed E-state index contributed by atoms with van der Waals surface area (Å²) in [5.41, 5.74) is 2.80. The van der Waals surface area contributed by atoms with Crippen molar-refractivity contribution in [3.05, 3.63) is 58.0 Å². The summed E-state index contributed by atoms with van der Waals surface area (Å²) in [6.45, 7) is 1.42. The highest BCUT2D eigenvalue weighted by atomic mass is 35.5. The zero-order chi connectivity index (χ0) is 15.5. The third-order valence-electron chi connectivity index (χ3n) is 4.15. The first kappa shape index (κ1) is 15.1. The van der Waals surface area contributed by atoms with Crippen LogP contribution in [0.5, 0.6) is 0 Å². The number of fused-ring (bicyclic) bond motifs is 1. The van der Waals surface area contributed by atoms with Crippen molar-refractivity contribution in [2.75, 3.05) is 6.54 Å². The SMILES string of the molecule is O=C(O)c1ccc2c(c1)C(CNCc1ccc(Cl)o1)CCC2. The van der Waals surface area contributed by atoms with Crippen molar-refractivity contribution in [3.63, 3.8) is 0 Å². The van der Waals surface area contributed by atoms with Crippen LogP contribution in [0.3, 0.4) is 0 Å². The topological polar surface area (TPSA) is 62.5 Å². The minimum Gasteiger partial charge on any atom is -0.478 e.